The number of pyridine rings is 1. The van der Waals surface area contributed by atoms with Gasteiger partial charge >= 0.3 is 0 Å². The number of carbonyl (C=O) groups excluding carboxylic acids is 1. The van der Waals surface area contributed by atoms with Gasteiger partial charge in [0.05, 0.1) is 5.56 Å². The fourth-order valence-corrected chi connectivity index (χ4v) is 3.17. The summed E-state index contributed by atoms with van der Waals surface area (Å²) < 4.78 is 13.9. The van der Waals surface area contributed by atoms with Gasteiger partial charge in [-0.25, -0.2) is 15.2 Å². The van der Waals surface area contributed by atoms with Crippen LogP contribution in [0.3, 0.4) is 0 Å². The Kier molecular flexibility index (Phi) is 5.19. The maximum atomic E-state index is 13.9. The maximum absolute atomic E-state index is 13.9. The molecule has 0 bridgehead atoms. The number of nitrogen functional groups attached to an aromatic ring is 1. The molecule has 1 aromatic rings. The van der Waals surface area contributed by atoms with E-state index in [0.717, 1.165) is 25.7 Å². The van der Waals surface area contributed by atoms with Crippen molar-refractivity contribution in [3.05, 3.63) is 23.6 Å². The van der Waals surface area contributed by atoms with Gasteiger partial charge in [-0.2, -0.15) is 11.8 Å². The first kappa shape index (κ1) is 15.1. The van der Waals surface area contributed by atoms with Crippen molar-refractivity contribution in [3.63, 3.8) is 0 Å². The van der Waals surface area contributed by atoms with E-state index in [4.69, 9.17) is 5.84 Å². The Hall–Kier alpha value is -1.34. The van der Waals surface area contributed by atoms with Crippen LogP contribution in [0.1, 0.15) is 36.0 Å². The minimum atomic E-state index is -0.717. The van der Waals surface area contributed by atoms with Crippen LogP contribution in [0, 0.1) is 5.82 Å². The molecule has 0 spiro atoms. The smallest absolute Gasteiger partial charge is 0.254 e. The van der Waals surface area contributed by atoms with Gasteiger partial charge < -0.3 is 10.7 Å². The summed E-state index contributed by atoms with van der Waals surface area (Å²) in [4.78, 5) is 15.8. The molecule has 2 rings (SSSR count). The quantitative estimate of drug-likeness (QED) is 0.584. The fraction of sp³-hybridized carbons (Fsp3) is 0.538. The van der Waals surface area contributed by atoms with E-state index in [1.54, 1.807) is 0 Å². The Balaban J connectivity index is 1.99. The van der Waals surface area contributed by atoms with Gasteiger partial charge in [-0.05, 0) is 38.0 Å². The van der Waals surface area contributed by atoms with E-state index < -0.39 is 11.7 Å². The molecule has 0 radical (unpaired) electrons. The summed E-state index contributed by atoms with van der Waals surface area (Å²) >= 11 is 1.87. The van der Waals surface area contributed by atoms with E-state index in [0.29, 0.717) is 5.25 Å². The number of carbonyl (C=O) groups is 1. The van der Waals surface area contributed by atoms with Crippen LogP contribution in [0.4, 0.5) is 10.2 Å². The van der Waals surface area contributed by atoms with Crippen molar-refractivity contribution < 1.29 is 9.18 Å². The molecule has 1 aliphatic rings. The zero-order valence-corrected chi connectivity index (χ0v) is 12.2. The molecule has 0 unspecified atom stereocenters. The predicted molar refractivity (Wildman–Crippen MR) is 79.0 cm³/mol. The first-order valence-corrected chi connectivity index (χ1v) is 7.89. The summed E-state index contributed by atoms with van der Waals surface area (Å²) in [6, 6.07) is 1.48. The van der Waals surface area contributed by atoms with Gasteiger partial charge in [0.2, 0.25) is 0 Å². The summed E-state index contributed by atoms with van der Waals surface area (Å²) in [7, 11) is 0. The van der Waals surface area contributed by atoms with Crippen LogP contribution < -0.4 is 16.6 Å². The topological polar surface area (TPSA) is 80.0 Å². The van der Waals surface area contributed by atoms with Crippen molar-refractivity contribution in [2.45, 2.75) is 37.0 Å². The van der Waals surface area contributed by atoms with Crippen LogP contribution in [-0.4, -0.2) is 28.4 Å². The molecule has 7 heteroatoms. The van der Waals surface area contributed by atoms with Crippen molar-refractivity contribution in [3.8, 4) is 0 Å². The number of halogens is 1. The first-order valence-electron chi connectivity index (χ1n) is 6.60. The summed E-state index contributed by atoms with van der Waals surface area (Å²) in [6.45, 7) is 0. The molecule has 1 heterocycles. The molecule has 5 nitrogen and oxygen atoms in total. The van der Waals surface area contributed by atoms with Gasteiger partial charge in [-0.3, -0.25) is 4.79 Å². The SMILES string of the molecule is CSC1CCC(NC(=O)c2ccnc(NN)c2F)CC1. The second kappa shape index (κ2) is 6.90. The number of hydrogen-bond donors (Lipinski definition) is 3. The van der Waals surface area contributed by atoms with E-state index in [2.05, 4.69) is 22.0 Å². The molecule has 0 aliphatic heterocycles. The fourth-order valence-electron chi connectivity index (χ4n) is 2.43. The Morgan fingerprint density at radius 1 is 1.45 bits per heavy atom. The van der Waals surface area contributed by atoms with E-state index in [9.17, 15) is 9.18 Å². The Morgan fingerprint density at radius 3 is 2.75 bits per heavy atom. The lowest BCUT2D eigenvalue weighted by atomic mass is 9.94. The summed E-state index contributed by atoms with van der Waals surface area (Å²) in [5, 5.41) is 3.56. The Labute approximate surface area is 121 Å². The first-order chi connectivity index (χ1) is 9.65. The summed E-state index contributed by atoms with van der Waals surface area (Å²) in [5.74, 6) is 3.90. The molecule has 1 aromatic heterocycles. The predicted octanol–water partition coefficient (Wildman–Crippen LogP) is 1.91. The van der Waals surface area contributed by atoms with E-state index in [1.165, 1.54) is 12.3 Å². The number of anilines is 1. The third-order valence-electron chi connectivity index (χ3n) is 3.61. The number of thioether (sulfide) groups is 1. The highest BCUT2D eigenvalue weighted by Gasteiger charge is 2.23. The number of aromatic nitrogens is 1. The van der Waals surface area contributed by atoms with Crippen LogP contribution in [0.15, 0.2) is 12.3 Å². The normalized spacial score (nSPS) is 22.4. The van der Waals surface area contributed by atoms with Crippen LogP contribution in [0.5, 0.6) is 0 Å². The second-order valence-electron chi connectivity index (χ2n) is 4.85. The lowest BCUT2D eigenvalue weighted by Gasteiger charge is -2.28. The van der Waals surface area contributed by atoms with Gasteiger partial charge in [0.1, 0.15) is 0 Å². The monoisotopic (exact) mass is 298 g/mol. The third-order valence-corrected chi connectivity index (χ3v) is 4.75. The zero-order chi connectivity index (χ0) is 14.5. The van der Waals surface area contributed by atoms with Crippen LogP contribution >= 0.6 is 11.8 Å². The molecule has 110 valence electrons. The standard InChI is InChI=1S/C13H19FN4OS/c1-20-9-4-2-8(3-5-9)17-13(19)10-6-7-16-12(18-15)11(10)14/h6-9H,2-5,15H2,1H3,(H,16,18)(H,17,19). The highest BCUT2D eigenvalue weighted by Crippen LogP contribution is 2.27. The highest BCUT2D eigenvalue weighted by molar-refractivity contribution is 7.99. The molecule has 0 saturated heterocycles. The highest BCUT2D eigenvalue weighted by atomic mass is 32.2. The Morgan fingerprint density at radius 2 is 2.15 bits per heavy atom. The number of amides is 1. The zero-order valence-electron chi connectivity index (χ0n) is 11.4. The molecule has 4 N–H and O–H groups in total. The molecule has 1 aliphatic carbocycles. The number of rotatable bonds is 4. The number of nitrogens with one attached hydrogen (secondary N) is 2. The number of nitrogens with zero attached hydrogens (tertiary/aromatic N) is 1. The number of hydrogen-bond acceptors (Lipinski definition) is 5. The number of nitrogens with two attached hydrogens (primary N) is 1. The van der Waals surface area contributed by atoms with Crippen molar-refractivity contribution in [2.24, 2.45) is 5.84 Å². The molecule has 1 fully saturated rings. The lowest BCUT2D eigenvalue weighted by Crippen LogP contribution is -2.38. The molecular weight excluding hydrogens is 279 g/mol. The van der Waals surface area contributed by atoms with E-state index in [1.807, 2.05) is 11.8 Å². The van der Waals surface area contributed by atoms with Crippen LogP contribution in [0.25, 0.3) is 0 Å². The Bertz CT molecular complexity index is 477. The van der Waals surface area contributed by atoms with Crippen molar-refractivity contribution >= 4 is 23.5 Å². The van der Waals surface area contributed by atoms with Gasteiger partial charge in [0, 0.05) is 17.5 Å². The van der Waals surface area contributed by atoms with Crippen molar-refractivity contribution in [1.82, 2.24) is 10.3 Å². The van der Waals surface area contributed by atoms with Crippen LogP contribution in [0.2, 0.25) is 0 Å². The molecule has 1 amide bonds. The lowest BCUT2D eigenvalue weighted by molar-refractivity contribution is 0.0924. The third kappa shape index (κ3) is 3.40. The molecule has 20 heavy (non-hydrogen) atoms. The van der Waals surface area contributed by atoms with E-state index in [-0.39, 0.29) is 17.4 Å². The van der Waals surface area contributed by atoms with Gasteiger partial charge in [0.15, 0.2) is 11.6 Å². The van der Waals surface area contributed by atoms with E-state index >= 15 is 0 Å². The van der Waals surface area contributed by atoms with Gasteiger partial charge in [-0.1, -0.05) is 0 Å². The second-order valence-corrected chi connectivity index (χ2v) is 5.99. The average molecular weight is 298 g/mol. The molecule has 0 aromatic carbocycles. The van der Waals surface area contributed by atoms with Crippen LogP contribution in [-0.2, 0) is 0 Å². The largest absolute Gasteiger partial charge is 0.349 e. The maximum Gasteiger partial charge on any atom is 0.254 e. The van der Waals surface area contributed by atoms with Crippen molar-refractivity contribution in [2.75, 3.05) is 11.7 Å². The van der Waals surface area contributed by atoms with Crippen molar-refractivity contribution in [1.29, 1.82) is 0 Å². The van der Waals surface area contributed by atoms with Gasteiger partial charge in [0.25, 0.3) is 5.91 Å². The average Bonchev–Trinajstić information content (AvgIpc) is 2.48. The minimum absolute atomic E-state index is 0.0278. The molecule has 0 atom stereocenters. The van der Waals surface area contributed by atoms with Gasteiger partial charge in [-0.15, -0.1) is 0 Å². The summed E-state index contributed by atoms with van der Waals surface area (Å²) in [5.41, 5.74) is 2.11. The minimum Gasteiger partial charge on any atom is -0.349 e. The summed E-state index contributed by atoms with van der Waals surface area (Å²) in [6.07, 6.45) is 7.51. The molecule has 1 saturated carbocycles. The molecular formula is C13H19FN4OS. The number of hydrazine groups is 1.